The van der Waals surface area contributed by atoms with E-state index in [-0.39, 0.29) is 0 Å². The Hall–Kier alpha value is -5.46. The highest BCUT2D eigenvalue weighted by Gasteiger charge is 2.16. The average molecular weight is 494 g/mol. The van der Waals surface area contributed by atoms with Crippen molar-refractivity contribution in [2.24, 2.45) is 0 Å². The summed E-state index contributed by atoms with van der Waals surface area (Å²) in [5.74, 6) is 1.40. The third-order valence-corrected chi connectivity index (χ3v) is 6.12. The smallest absolute Gasteiger partial charge is 0.231 e. The molecule has 0 unspecified atom stereocenters. The molecular weight excluding hydrogens is 470 g/mol. The number of aryl methyl sites for hydroxylation is 2. The van der Waals surface area contributed by atoms with E-state index in [0.29, 0.717) is 28.7 Å². The van der Waals surface area contributed by atoms with Crippen LogP contribution in [-0.2, 0) is 0 Å². The standard InChI is InChI=1S/C32H23N5O/c1-21-16-24(19-34)17-22(2)30(21)38-31-29(27-12-10-26(11-13-27)25-6-4-3-5-7-25)20-35-32(37-31)36-28-14-8-23(18-33)9-15-28/h3-17,20H,1-2H3,(H,35,36,37). The fourth-order valence-electron chi connectivity index (χ4n) is 4.20. The average Bonchev–Trinajstić information content (AvgIpc) is 2.96. The second-order valence-electron chi connectivity index (χ2n) is 8.82. The molecule has 0 saturated heterocycles. The lowest BCUT2D eigenvalue weighted by Crippen LogP contribution is -2.02. The topological polar surface area (TPSA) is 94.6 Å². The number of benzene rings is 4. The number of hydrogen-bond acceptors (Lipinski definition) is 6. The van der Waals surface area contributed by atoms with Crippen molar-refractivity contribution in [2.75, 3.05) is 5.32 Å². The highest BCUT2D eigenvalue weighted by molar-refractivity contribution is 5.74. The summed E-state index contributed by atoms with van der Waals surface area (Å²) < 4.78 is 6.41. The summed E-state index contributed by atoms with van der Waals surface area (Å²) in [5, 5.41) is 21.6. The second kappa shape index (κ2) is 10.7. The van der Waals surface area contributed by atoms with E-state index >= 15 is 0 Å². The van der Waals surface area contributed by atoms with Crippen molar-refractivity contribution in [1.82, 2.24) is 9.97 Å². The first-order valence-corrected chi connectivity index (χ1v) is 12.0. The third kappa shape index (κ3) is 5.21. The van der Waals surface area contributed by atoms with Crippen molar-refractivity contribution in [3.05, 3.63) is 119 Å². The Morgan fingerprint density at radius 2 is 1.32 bits per heavy atom. The van der Waals surface area contributed by atoms with Gasteiger partial charge in [0.25, 0.3) is 0 Å². The predicted molar refractivity (Wildman–Crippen MR) is 148 cm³/mol. The van der Waals surface area contributed by atoms with E-state index in [1.807, 2.05) is 44.2 Å². The lowest BCUT2D eigenvalue weighted by molar-refractivity contribution is 0.457. The molecule has 0 spiro atoms. The molecular formula is C32H23N5O. The Morgan fingerprint density at radius 3 is 1.95 bits per heavy atom. The first-order valence-electron chi connectivity index (χ1n) is 12.0. The van der Waals surface area contributed by atoms with E-state index < -0.39 is 0 Å². The van der Waals surface area contributed by atoms with Gasteiger partial charge in [0, 0.05) is 11.9 Å². The van der Waals surface area contributed by atoms with Gasteiger partial charge in [0.15, 0.2) is 0 Å². The van der Waals surface area contributed by atoms with Gasteiger partial charge in [-0.2, -0.15) is 15.5 Å². The molecule has 5 aromatic rings. The number of rotatable bonds is 6. The van der Waals surface area contributed by atoms with E-state index in [2.05, 4.69) is 46.7 Å². The Balaban J connectivity index is 1.54. The summed E-state index contributed by atoms with van der Waals surface area (Å²) >= 11 is 0. The van der Waals surface area contributed by atoms with Crippen molar-refractivity contribution in [3.8, 4) is 46.0 Å². The minimum Gasteiger partial charge on any atom is -0.438 e. The molecule has 0 aliphatic carbocycles. The van der Waals surface area contributed by atoms with Crippen molar-refractivity contribution >= 4 is 11.6 Å². The van der Waals surface area contributed by atoms with Crippen molar-refractivity contribution in [1.29, 1.82) is 10.5 Å². The van der Waals surface area contributed by atoms with Crippen molar-refractivity contribution in [3.63, 3.8) is 0 Å². The number of ether oxygens (including phenoxy) is 1. The van der Waals surface area contributed by atoms with Crippen LogP contribution < -0.4 is 10.1 Å². The van der Waals surface area contributed by atoms with Gasteiger partial charge < -0.3 is 10.1 Å². The van der Waals surface area contributed by atoms with Crippen LogP contribution in [0.5, 0.6) is 11.6 Å². The van der Waals surface area contributed by atoms with E-state index in [1.54, 1.807) is 42.6 Å². The number of nitriles is 2. The number of nitrogens with one attached hydrogen (secondary N) is 1. The monoisotopic (exact) mass is 493 g/mol. The summed E-state index contributed by atoms with van der Waals surface area (Å²) in [6.45, 7) is 3.82. The van der Waals surface area contributed by atoms with Gasteiger partial charge in [-0.05, 0) is 78.1 Å². The quantitative estimate of drug-likeness (QED) is 0.260. The van der Waals surface area contributed by atoms with Crippen LogP contribution in [0, 0.1) is 36.5 Å². The normalized spacial score (nSPS) is 10.3. The summed E-state index contributed by atoms with van der Waals surface area (Å²) in [7, 11) is 0. The minimum atomic E-state index is 0.360. The molecule has 0 saturated carbocycles. The molecule has 1 N–H and O–H groups in total. The molecule has 1 heterocycles. The van der Waals surface area contributed by atoms with Crippen LogP contribution in [0.2, 0.25) is 0 Å². The maximum Gasteiger partial charge on any atom is 0.231 e. The Labute approximate surface area is 221 Å². The molecule has 0 fully saturated rings. The molecule has 0 aliphatic rings. The van der Waals surface area contributed by atoms with E-state index in [4.69, 9.17) is 15.0 Å². The zero-order valence-corrected chi connectivity index (χ0v) is 20.9. The van der Waals surface area contributed by atoms with Gasteiger partial charge in [0.1, 0.15) is 5.75 Å². The maximum absolute atomic E-state index is 9.34. The van der Waals surface area contributed by atoms with Crippen molar-refractivity contribution < 1.29 is 4.74 Å². The fraction of sp³-hybridized carbons (Fsp3) is 0.0625. The zero-order chi connectivity index (χ0) is 26.5. The van der Waals surface area contributed by atoms with Gasteiger partial charge in [-0.3, -0.25) is 0 Å². The summed E-state index contributed by atoms with van der Waals surface area (Å²) in [5.41, 5.74) is 7.47. The third-order valence-electron chi connectivity index (χ3n) is 6.12. The maximum atomic E-state index is 9.34. The molecule has 6 heteroatoms. The van der Waals surface area contributed by atoms with Gasteiger partial charge in [0.05, 0.1) is 28.8 Å². The Kier molecular flexibility index (Phi) is 6.80. The van der Waals surface area contributed by atoms with Crippen LogP contribution in [0.3, 0.4) is 0 Å². The second-order valence-corrected chi connectivity index (χ2v) is 8.82. The number of hydrogen-bond donors (Lipinski definition) is 1. The molecule has 0 aliphatic heterocycles. The molecule has 0 atom stereocenters. The first kappa shape index (κ1) is 24.2. The first-order chi connectivity index (χ1) is 18.5. The number of nitrogens with zero attached hydrogens (tertiary/aromatic N) is 4. The number of aromatic nitrogens is 2. The van der Waals surface area contributed by atoms with Gasteiger partial charge in [-0.1, -0.05) is 54.6 Å². The zero-order valence-electron chi connectivity index (χ0n) is 20.9. The molecule has 182 valence electrons. The molecule has 5 rings (SSSR count). The van der Waals surface area contributed by atoms with Gasteiger partial charge in [-0.25, -0.2) is 4.98 Å². The molecule has 4 aromatic carbocycles. The van der Waals surface area contributed by atoms with E-state index in [1.165, 1.54) is 0 Å². The minimum absolute atomic E-state index is 0.360. The largest absolute Gasteiger partial charge is 0.438 e. The lowest BCUT2D eigenvalue weighted by atomic mass is 10.0. The van der Waals surface area contributed by atoms with Gasteiger partial charge in [0.2, 0.25) is 11.8 Å². The summed E-state index contributed by atoms with van der Waals surface area (Å²) in [6, 6.07) is 33.3. The predicted octanol–water partition coefficient (Wildman–Crippen LogP) is 7.71. The van der Waals surface area contributed by atoms with Gasteiger partial charge in [-0.15, -0.1) is 0 Å². The summed E-state index contributed by atoms with van der Waals surface area (Å²) in [4.78, 5) is 9.25. The molecule has 0 bridgehead atoms. The molecule has 1 aromatic heterocycles. The van der Waals surface area contributed by atoms with Crippen LogP contribution >= 0.6 is 0 Å². The van der Waals surface area contributed by atoms with Crippen LogP contribution in [0.25, 0.3) is 22.3 Å². The van der Waals surface area contributed by atoms with Gasteiger partial charge >= 0.3 is 0 Å². The highest BCUT2D eigenvalue weighted by atomic mass is 16.5. The lowest BCUT2D eigenvalue weighted by Gasteiger charge is -2.16. The van der Waals surface area contributed by atoms with E-state index in [9.17, 15) is 5.26 Å². The number of anilines is 2. The van der Waals surface area contributed by atoms with Crippen LogP contribution in [0.4, 0.5) is 11.6 Å². The highest BCUT2D eigenvalue weighted by Crippen LogP contribution is 2.36. The molecule has 0 radical (unpaired) electrons. The SMILES string of the molecule is Cc1cc(C#N)cc(C)c1Oc1nc(Nc2ccc(C#N)cc2)ncc1-c1ccc(-c2ccccc2)cc1. The molecule has 6 nitrogen and oxygen atoms in total. The van der Waals surface area contributed by atoms with Crippen LogP contribution in [-0.4, -0.2) is 9.97 Å². The molecule has 38 heavy (non-hydrogen) atoms. The Morgan fingerprint density at radius 1 is 0.711 bits per heavy atom. The van der Waals surface area contributed by atoms with Crippen molar-refractivity contribution in [2.45, 2.75) is 13.8 Å². The van der Waals surface area contributed by atoms with Crippen LogP contribution in [0.1, 0.15) is 22.3 Å². The fourth-order valence-corrected chi connectivity index (χ4v) is 4.20. The Bertz CT molecular complexity index is 1660. The van der Waals surface area contributed by atoms with Crippen LogP contribution in [0.15, 0.2) is 97.2 Å². The summed E-state index contributed by atoms with van der Waals surface area (Å²) in [6.07, 6.45) is 1.74. The van der Waals surface area contributed by atoms with E-state index in [0.717, 1.165) is 39.1 Å². The molecule has 0 amide bonds.